The summed E-state index contributed by atoms with van der Waals surface area (Å²) in [5.41, 5.74) is 7.19. The number of carbonyl (C=O) groups is 1. The molecule has 1 aliphatic heterocycles. The second-order valence-electron chi connectivity index (χ2n) is 5.56. The maximum absolute atomic E-state index is 11.4. The summed E-state index contributed by atoms with van der Waals surface area (Å²) in [7, 11) is 0. The summed E-state index contributed by atoms with van der Waals surface area (Å²) in [4.78, 5) is 13.7. The molecule has 1 aromatic rings. The molecule has 108 valence electrons. The van der Waals surface area contributed by atoms with Crippen LogP contribution in [0.15, 0.2) is 18.2 Å². The van der Waals surface area contributed by atoms with Gasteiger partial charge in [0.2, 0.25) is 0 Å². The van der Waals surface area contributed by atoms with Crippen LogP contribution in [0.1, 0.15) is 35.2 Å². The van der Waals surface area contributed by atoms with E-state index in [1.54, 1.807) is 6.07 Å². The Balaban J connectivity index is 1.84. The van der Waals surface area contributed by atoms with Gasteiger partial charge in [0.25, 0.3) is 0 Å². The first-order valence-corrected chi connectivity index (χ1v) is 7.13. The zero-order valence-electron chi connectivity index (χ0n) is 11.4. The molecule has 2 atom stereocenters. The Bertz CT molecular complexity index is 518. The van der Waals surface area contributed by atoms with Crippen LogP contribution in [-0.4, -0.2) is 41.3 Å². The lowest BCUT2D eigenvalue weighted by Gasteiger charge is -2.37. The largest absolute Gasteiger partial charge is 0.478 e. The van der Waals surface area contributed by atoms with E-state index in [2.05, 4.69) is 4.90 Å². The molecule has 0 aromatic heterocycles. The Hall–Kier alpha value is -1.59. The standard InChI is InChI=1S/C15H20N2O3/c16-11-4-1-3-10(14(11)15(18)19)9-17-7-8-20-13-6-2-5-12(13)17/h1,3-4,12-13H,2,5-9,16H2,(H,18,19). The van der Waals surface area contributed by atoms with E-state index in [9.17, 15) is 9.90 Å². The molecule has 0 spiro atoms. The number of fused-ring (bicyclic) bond motifs is 1. The smallest absolute Gasteiger partial charge is 0.338 e. The summed E-state index contributed by atoms with van der Waals surface area (Å²) in [6, 6.07) is 5.75. The molecule has 3 rings (SSSR count). The maximum Gasteiger partial charge on any atom is 0.338 e. The molecule has 2 aliphatic rings. The Morgan fingerprint density at radius 3 is 3.10 bits per heavy atom. The molecule has 3 N–H and O–H groups in total. The number of rotatable bonds is 3. The highest BCUT2D eigenvalue weighted by molar-refractivity contribution is 5.95. The molecule has 5 heteroatoms. The number of nitrogens with two attached hydrogens (primary N) is 1. The molecular formula is C15H20N2O3. The number of nitrogen functional groups attached to an aromatic ring is 1. The van der Waals surface area contributed by atoms with Crippen molar-refractivity contribution in [3.05, 3.63) is 29.3 Å². The average Bonchev–Trinajstić information content (AvgIpc) is 2.87. The Labute approximate surface area is 118 Å². The number of carboxylic acid groups (broad SMARTS) is 1. The maximum atomic E-state index is 11.4. The van der Waals surface area contributed by atoms with Crippen LogP contribution in [0, 0.1) is 0 Å². The SMILES string of the molecule is Nc1cccc(CN2CCOC3CCCC32)c1C(=O)O. The second-order valence-corrected chi connectivity index (χ2v) is 5.56. The summed E-state index contributed by atoms with van der Waals surface area (Å²) >= 11 is 0. The minimum Gasteiger partial charge on any atom is -0.478 e. The third kappa shape index (κ3) is 2.39. The summed E-state index contributed by atoms with van der Waals surface area (Å²) < 4.78 is 5.79. The molecule has 0 radical (unpaired) electrons. The summed E-state index contributed by atoms with van der Waals surface area (Å²) in [6.07, 6.45) is 3.76. The lowest BCUT2D eigenvalue weighted by molar-refractivity contribution is -0.0588. The van der Waals surface area contributed by atoms with E-state index in [1.807, 2.05) is 12.1 Å². The highest BCUT2D eigenvalue weighted by Crippen LogP contribution is 2.31. The Kier molecular flexibility index (Phi) is 3.63. The van der Waals surface area contributed by atoms with Crippen molar-refractivity contribution >= 4 is 11.7 Å². The van der Waals surface area contributed by atoms with Gasteiger partial charge in [-0.1, -0.05) is 12.1 Å². The van der Waals surface area contributed by atoms with E-state index in [0.29, 0.717) is 24.4 Å². The van der Waals surface area contributed by atoms with Gasteiger partial charge in [-0.3, -0.25) is 4.90 Å². The number of hydrogen-bond donors (Lipinski definition) is 2. The minimum atomic E-state index is -0.950. The zero-order valence-corrected chi connectivity index (χ0v) is 11.4. The highest BCUT2D eigenvalue weighted by atomic mass is 16.5. The predicted molar refractivity (Wildman–Crippen MR) is 75.6 cm³/mol. The first-order valence-electron chi connectivity index (χ1n) is 7.13. The van der Waals surface area contributed by atoms with Gasteiger partial charge in [0.05, 0.1) is 18.3 Å². The van der Waals surface area contributed by atoms with Crippen LogP contribution in [0.5, 0.6) is 0 Å². The van der Waals surface area contributed by atoms with E-state index < -0.39 is 5.97 Å². The molecule has 1 saturated heterocycles. The van der Waals surface area contributed by atoms with Crippen molar-refractivity contribution in [2.45, 2.75) is 38.0 Å². The van der Waals surface area contributed by atoms with Crippen molar-refractivity contribution in [2.75, 3.05) is 18.9 Å². The van der Waals surface area contributed by atoms with Gasteiger partial charge in [-0.25, -0.2) is 4.79 Å². The molecule has 1 aromatic carbocycles. The Morgan fingerprint density at radius 1 is 1.45 bits per heavy atom. The monoisotopic (exact) mass is 276 g/mol. The third-order valence-corrected chi connectivity index (χ3v) is 4.37. The molecule has 1 aliphatic carbocycles. The van der Waals surface area contributed by atoms with Crippen molar-refractivity contribution in [1.82, 2.24) is 4.90 Å². The van der Waals surface area contributed by atoms with Gasteiger partial charge in [0, 0.05) is 24.8 Å². The number of anilines is 1. The number of carboxylic acids is 1. The summed E-state index contributed by atoms with van der Waals surface area (Å²) in [6.45, 7) is 2.22. The molecule has 0 amide bonds. The molecule has 0 bridgehead atoms. The topological polar surface area (TPSA) is 75.8 Å². The fraction of sp³-hybridized carbons (Fsp3) is 0.533. The van der Waals surface area contributed by atoms with Crippen LogP contribution in [0.3, 0.4) is 0 Å². The second kappa shape index (κ2) is 5.42. The molecule has 1 saturated carbocycles. The highest BCUT2D eigenvalue weighted by Gasteiger charge is 2.36. The molecule has 2 unspecified atom stereocenters. The van der Waals surface area contributed by atoms with E-state index in [-0.39, 0.29) is 5.56 Å². The first kappa shape index (κ1) is 13.4. The number of hydrogen-bond acceptors (Lipinski definition) is 4. The van der Waals surface area contributed by atoms with Crippen molar-refractivity contribution in [2.24, 2.45) is 0 Å². The number of aromatic carboxylic acids is 1. The third-order valence-electron chi connectivity index (χ3n) is 4.37. The summed E-state index contributed by atoms with van der Waals surface area (Å²) in [5.74, 6) is -0.950. The van der Waals surface area contributed by atoms with E-state index in [4.69, 9.17) is 10.5 Å². The van der Waals surface area contributed by atoms with Crippen LogP contribution < -0.4 is 5.73 Å². The fourth-order valence-electron chi connectivity index (χ4n) is 3.43. The van der Waals surface area contributed by atoms with Crippen molar-refractivity contribution < 1.29 is 14.6 Å². The molecule has 5 nitrogen and oxygen atoms in total. The molecule has 2 fully saturated rings. The molecular weight excluding hydrogens is 256 g/mol. The number of nitrogens with zero attached hydrogens (tertiary/aromatic N) is 1. The lowest BCUT2D eigenvalue weighted by Crippen LogP contribution is -2.48. The van der Waals surface area contributed by atoms with Crippen LogP contribution in [0.2, 0.25) is 0 Å². The van der Waals surface area contributed by atoms with E-state index in [1.165, 1.54) is 6.42 Å². The van der Waals surface area contributed by atoms with Gasteiger partial charge in [-0.05, 0) is 30.9 Å². The fourth-order valence-corrected chi connectivity index (χ4v) is 3.43. The number of benzene rings is 1. The summed E-state index contributed by atoms with van der Waals surface area (Å²) in [5, 5.41) is 9.34. The van der Waals surface area contributed by atoms with Gasteiger partial charge in [0.1, 0.15) is 0 Å². The van der Waals surface area contributed by atoms with Crippen LogP contribution in [0.4, 0.5) is 5.69 Å². The van der Waals surface area contributed by atoms with Gasteiger partial charge in [-0.2, -0.15) is 0 Å². The van der Waals surface area contributed by atoms with Crippen LogP contribution >= 0.6 is 0 Å². The van der Waals surface area contributed by atoms with Crippen LogP contribution in [0.25, 0.3) is 0 Å². The van der Waals surface area contributed by atoms with Crippen LogP contribution in [-0.2, 0) is 11.3 Å². The Morgan fingerprint density at radius 2 is 2.30 bits per heavy atom. The molecule has 20 heavy (non-hydrogen) atoms. The van der Waals surface area contributed by atoms with Gasteiger partial charge < -0.3 is 15.6 Å². The number of morpholine rings is 1. The van der Waals surface area contributed by atoms with Gasteiger partial charge >= 0.3 is 5.97 Å². The van der Waals surface area contributed by atoms with Gasteiger partial charge in [0.15, 0.2) is 0 Å². The van der Waals surface area contributed by atoms with Crippen molar-refractivity contribution in [3.63, 3.8) is 0 Å². The quantitative estimate of drug-likeness (QED) is 0.822. The first-order chi connectivity index (χ1) is 9.66. The normalized spacial score (nSPS) is 26.4. The van der Waals surface area contributed by atoms with Crippen molar-refractivity contribution in [1.29, 1.82) is 0 Å². The lowest BCUT2D eigenvalue weighted by atomic mass is 10.0. The van der Waals surface area contributed by atoms with E-state index in [0.717, 1.165) is 31.6 Å². The predicted octanol–water partition coefficient (Wildman–Crippen LogP) is 1.72. The average molecular weight is 276 g/mol. The zero-order chi connectivity index (χ0) is 14.1. The van der Waals surface area contributed by atoms with Gasteiger partial charge in [-0.15, -0.1) is 0 Å². The molecule has 1 heterocycles. The van der Waals surface area contributed by atoms with Crippen molar-refractivity contribution in [3.8, 4) is 0 Å². The van der Waals surface area contributed by atoms with E-state index >= 15 is 0 Å². The minimum absolute atomic E-state index is 0.244. The number of ether oxygens (including phenoxy) is 1.